The Morgan fingerprint density at radius 3 is 2.21 bits per heavy atom. The van der Waals surface area contributed by atoms with Gasteiger partial charge in [-0.2, -0.15) is 0 Å². The van der Waals surface area contributed by atoms with Crippen LogP contribution >= 0.6 is 11.6 Å². The number of methoxy groups -OCH3 is 1. The predicted octanol–water partition coefficient (Wildman–Crippen LogP) is 4.61. The monoisotopic (exact) mass is 282 g/mol. The second-order valence-corrected chi connectivity index (χ2v) is 4.70. The maximum absolute atomic E-state index is 13.6. The first-order chi connectivity index (χ1) is 9.02. The molecule has 2 aromatic rings. The lowest BCUT2D eigenvalue weighted by Crippen LogP contribution is -1.97. The van der Waals surface area contributed by atoms with E-state index in [1.54, 1.807) is 25.1 Å². The molecule has 1 nitrogen and oxygen atoms in total. The number of hydrogen-bond donors (Lipinski definition) is 0. The largest absolute Gasteiger partial charge is 0.494 e. The Kier molecular flexibility index (Phi) is 4.05. The van der Waals surface area contributed by atoms with Gasteiger partial charge < -0.3 is 4.74 Å². The number of hydrogen-bond acceptors (Lipinski definition) is 1. The maximum Gasteiger partial charge on any atom is 0.165 e. The van der Waals surface area contributed by atoms with Gasteiger partial charge in [-0.15, -0.1) is 11.6 Å². The molecule has 0 fully saturated rings. The third-order valence-corrected chi connectivity index (χ3v) is 3.45. The summed E-state index contributed by atoms with van der Waals surface area (Å²) in [5.41, 5.74) is 1.84. The van der Waals surface area contributed by atoms with Crippen LogP contribution in [-0.2, 0) is 0 Å². The molecule has 0 aliphatic rings. The van der Waals surface area contributed by atoms with Gasteiger partial charge in [0.1, 0.15) is 5.82 Å². The lowest BCUT2D eigenvalue weighted by molar-refractivity contribution is 0.386. The van der Waals surface area contributed by atoms with E-state index in [9.17, 15) is 8.78 Å². The van der Waals surface area contributed by atoms with Crippen molar-refractivity contribution in [3.8, 4) is 5.75 Å². The van der Waals surface area contributed by atoms with Crippen LogP contribution in [0.3, 0.4) is 0 Å². The number of alkyl halides is 1. The molecular formula is C15H13ClF2O. The lowest BCUT2D eigenvalue weighted by Gasteiger charge is -2.12. The summed E-state index contributed by atoms with van der Waals surface area (Å²) in [5, 5.41) is -0.528. The first-order valence-corrected chi connectivity index (χ1v) is 6.20. The van der Waals surface area contributed by atoms with Crippen LogP contribution in [0.1, 0.15) is 22.1 Å². The summed E-state index contributed by atoms with van der Waals surface area (Å²) >= 11 is 6.29. The summed E-state index contributed by atoms with van der Waals surface area (Å²) in [6.07, 6.45) is 0. The molecule has 0 saturated heterocycles. The standard InChI is InChI=1S/C15H13ClF2O/c1-9-7-10(3-5-12(9)17)15(16)11-4-6-14(19-2)13(18)8-11/h3-8,15H,1-2H3. The Bertz CT molecular complexity index is 599. The Hall–Kier alpha value is -1.61. The highest BCUT2D eigenvalue weighted by Gasteiger charge is 2.14. The zero-order valence-electron chi connectivity index (χ0n) is 10.6. The molecule has 100 valence electrons. The Morgan fingerprint density at radius 2 is 1.63 bits per heavy atom. The van der Waals surface area contributed by atoms with Crippen molar-refractivity contribution >= 4 is 11.6 Å². The van der Waals surface area contributed by atoms with Gasteiger partial charge in [0.2, 0.25) is 0 Å². The molecule has 19 heavy (non-hydrogen) atoms. The van der Waals surface area contributed by atoms with Crippen molar-refractivity contribution in [1.29, 1.82) is 0 Å². The molecule has 0 aliphatic heterocycles. The average Bonchev–Trinajstić information content (AvgIpc) is 2.41. The Labute approximate surface area is 115 Å². The van der Waals surface area contributed by atoms with Gasteiger partial charge in [0.15, 0.2) is 11.6 Å². The topological polar surface area (TPSA) is 9.23 Å². The molecule has 0 aromatic heterocycles. The molecule has 0 amide bonds. The molecule has 0 heterocycles. The molecule has 0 saturated carbocycles. The van der Waals surface area contributed by atoms with Crippen LogP contribution in [0.25, 0.3) is 0 Å². The van der Waals surface area contributed by atoms with Crippen molar-refractivity contribution in [2.24, 2.45) is 0 Å². The summed E-state index contributed by atoms with van der Waals surface area (Å²) in [4.78, 5) is 0. The molecule has 0 bridgehead atoms. The molecule has 4 heteroatoms. The van der Waals surface area contributed by atoms with Crippen molar-refractivity contribution in [2.75, 3.05) is 7.11 Å². The summed E-state index contributed by atoms with van der Waals surface area (Å²) < 4.78 is 31.7. The first kappa shape index (κ1) is 13.8. The number of benzene rings is 2. The smallest absolute Gasteiger partial charge is 0.165 e. The van der Waals surface area contributed by atoms with E-state index in [1.807, 2.05) is 0 Å². The first-order valence-electron chi connectivity index (χ1n) is 5.76. The molecular weight excluding hydrogens is 270 g/mol. The van der Waals surface area contributed by atoms with Gasteiger partial charge in [-0.05, 0) is 41.8 Å². The summed E-state index contributed by atoms with van der Waals surface area (Å²) in [6, 6.07) is 9.17. The van der Waals surface area contributed by atoms with Crippen LogP contribution in [0.5, 0.6) is 5.75 Å². The SMILES string of the molecule is COc1ccc(C(Cl)c2ccc(F)c(C)c2)cc1F. The third kappa shape index (κ3) is 2.87. The van der Waals surface area contributed by atoms with Crippen molar-refractivity contribution < 1.29 is 13.5 Å². The minimum absolute atomic E-state index is 0.169. The van der Waals surface area contributed by atoms with Gasteiger partial charge in [0, 0.05) is 0 Å². The molecule has 0 aliphatic carbocycles. The highest BCUT2D eigenvalue weighted by atomic mass is 35.5. The van der Waals surface area contributed by atoms with Gasteiger partial charge in [0.25, 0.3) is 0 Å². The van der Waals surface area contributed by atoms with Gasteiger partial charge in [-0.25, -0.2) is 8.78 Å². The number of ether oxygens (including phenoxy) is 1. The van der Waals surface area contributed by atoms with Crippen LogP contribution in [0.15, 0.2) is 36.4 Å². The van der Waals surface area contributed by atoms with E-state index in [4.69, 9.17) is 16.3 Å². The van der Waals surface area contributed by atoms with Crippen LogP contribution in [0, 0.1) is 18.6 Å². The van der Waals surface area contributed by atoms with Crippen LogP contribution < -0.4 is 4.74 Å². The third-order valence-electron chi connectivity index (χ3n) is 2.94. The van der Waals surface area contributed by atoms with Crippen molar-refractivity contribution in [3.63, 3.8) is 0 Å². The van der Waals surface area contributed by atoms with Crippen LogP contribution in [0.2, 0.25) is 0 Å². The molecule has 2 rings (SSSR count). The van der Waals surface area contributed by atoms with E-state index in [-0.39, 0.29) is 11.6 Å². The van der Waals surface area contributed by atoms with E-state index in [0.717, 1.165) is 5.56 Å². The van der Waals surface area contributed by atoms with E-state index < -0.39 is 11.2 Å². The molecule has 0 spiro atoms. The average molecular weight is 283 g/mol. The van der Waals surface area contributed by atoms with E-state index in [1.165, 1.54) is 25.3 Å². The van der Waals surface area contributed by atoms with Gasteiger partial charge in [-0.1, -0.05) is 18.2 Å². The minimum Gasteiger partial charge on any atom is -0.494 e. The zero-order chi connectivity index (χ0) is 14.0. The van der Waals surface area contributed by atoms with E-state index >= 15 is 0 Å². The zero-order valence-corrected chi connectivity index (χ0v) is 11.3. The second-order valence-electron chi connectivity index (χ2n) is 4.27. The Morgan fingerprint density at radius 1 is 1.00 bits per heavy atom. The van der Waals surface area contributed by atoms with Crippen molar-refractivity contribution in [2.45, 2.75) is 12.3 Å². The highest BCUT2D eigenvalue weighted by molar-refractivity contribution is 6.22. The molecule has 0 N–H and O–H groups in total. The van der Waals surface area contributed by atoms with E-state index in [2.05, 4.69) is 0 Å². The maximum atomic E-state index is 13.6. The number of aryl methyl sites for hydroxylation is 1. The van der Waals surface area contributed by atoms with Crippen molar-refractivity contribution in [3.05, 3.63) is 64.7 Å². The minimum atomic E-state index is -0.528. The summed E-state index contributed by atoms with van der Waals surface area (Å²) in [7, 11) is 1.40. The van der Waals surface area contributed by atoms with Crippen molar-refractivity contribution in [1.82, 2.24) is 0 Å². The lowest BCUT2D eigenvalue weighted by atomic mass is 10.0. The highest BCUT2D eigenvalue weighted by Crippen LogP contribution is 2.32. The van der Waals surface area contributed by atoms with E-state index in [0.29, 0.717) is 11.1 Å². The Balaban J connectivity index is 2.35. The van der Waals surface area contributed by atoms with Gasteiger partial charge in [0.05, 0.1) is 12.5 Å². The van der Waals surface area contributed by atoms with Crippen LogP contribution in [-0.4, -0.2) is 7.11 Å². The number of halogens is 3. The molecule has 1 atom stereocenters. The molecule has 0 radical (unpaired) electrons. The van der Waals surface area contributed by atoms with Crippen LogP contribution in [0.4, 0.5) is 8.78 Å². The fraction of sp³-hybridized carbons (Fsp3) is 0.200. The number of rotatable bonds is 3. The van der Waals surface area contributed by atoms with Gasteiger partial charge >= 0.3 is 0 Å². The second kappa shape index (κ2) is 5.57. The molecule has 2 aromatic carbocycles. The van der Waals surface area contributed by atoms with Gasteiger partial charge in [-0.3, -0.25) is 0 Å². The fourth-order valence-electron chi connectivity index (χ4n) is 1.86. The summed E-state index contributed by atoms with van der Waals surface area (Å²) in [6.45, 7) is 1.66. The quantitative estimate of drug-likeness (QED) is 0.747. The fourth-order valence-corrected chi connectivity index (χ4v) is 2.13. The molecule has 1 unspecified atom stereocenters. The predicted molar refractivity (Wildman–Crippen MR) is 71.8 cm³/mol. The normalized spacial score (nSPS) is 12.3. The summed E-state index contributed by atoms with van der Waals surface area (Å²) in [5.74, 6) is -0.582.